The summed E-state index contributed by atoms with van der Waals surface area (Å²) in [5.74, 6) is -2.79. The number of rotatable bonds is 7. The first-order chi connectivity index (χ1) is 8.92. The first kappa shape index (κ1) is 15.7. The van der Waals surface area contributed by atoms with Crippen LogP contribution in [0.4, 0.5) is 0 Å². The molecule has 0 aromatic rings. The molecule has 1 rings (SSSR count). The van der Waals surface area contributed by atoms with Crippen LogP contribution in [0.3, 0.4) is 0 Å². The second-order valence-electron chi connectivity index (χ2n) is 4.54. The summed E-state index contributed by atoms with van der Waals surface area (Å²) in [6, 6.07) is 0. The van der Waals surface area contributed by atoms with Crippen LogP contribution in [0.1, 0.15) is 26.7 Å². The van der Waals surface area contributed by atoms with E-state index in [1.807, 2.05) is 13.8 Å². The minimum Gasteiger partial charge on any atom is -0.505 e. The van der Waals surface area contributed by atoms with Gasteiger partial charge < -0.3 is 25.2 Å². The van der Waals surface area contributed by atoms with Crippen molar-refractivity contribution in [2.24, 2.45) is 0 Å². The Kier molecular flexibility index (Phi) is 5.16. The monoisotopic (exact) mass is 275 g/mol. The maximum Gasteiger partial charge on any atom is 0.378 e. The van der Waals surface area contributed by atoms with E-state index in [-0.39, 0.29) is 0 Å². The normalized spacial score (nSPS) is 22.8. The van der Waals surface area contributed by atoms with E-state index >= 15 is 0 Å². The topological polar surface area (TPSA) is 110 Å². The van der Waals surface area contributed by atoms with Crippen LogP contribution in [0.2, 0.25) is 0 Å². The molecule has 0 aromatic heterocycles. The second kappa shape index (κ2) is 6.23. The lowest BCUT2D eigenvalue weighted by molar-refractivity contribution is -0.206. The van der Waals surface area contributed by atoms with Crippen LogP contribution in [0.15, 0.2) is 11.5 Å². The van der Waals surface area contributed by atoms with E-state index in [2.05, 4.69) is 0 Å². The minimum absolute atomic E-state index is 0.451. The lowest BCUT2D eigenvalue weighted by Crippen LogP contribution is -2.60. The molecular formula is C12H21NO6. The van der Waals surface area contributed by atoms with Crippen LogP contribution in [-0.4, -0.2) is 62.8 Å². The van der Waals surface area contributed by atoms with E-state index in [9.17, 15) is 25.2 Å². The molecule has 0 bridgehead atoms. The van der Waals surface area contributed by atoms with Gasteiger partial charge in [-0.05, 0) is 12.8 Å². The highest BCUT2D eigenvalue weighted by molar-refractivity contribution is 5.89. The number of aliphatic hydroxyl groups is 4. The number of carbonyl (C=O) groups excluding carboxylic acids is 1. The third kappa shape index (κ3) is 2.83. The molecule has 1 heterocycles. The van der Waals surface area contributed by atoms with Gasteiger partial charge in [-0.2, -0.15) is 0 Å². The van der Waals surface area contributed by atoms with Crippen molar-refractivity contribution in [3.8, 4) is 0 Å². The first-order valence-corrected chi connectivity index (χ1v) is 6.33. The summed E-state index contributed by atoms with van der Waals surface area (Å²) in [7, 11) is 0. The Labute approximate surface area is 111 Å². The summed E-state index contributed by atoms with van der Waals surface area (Å²) in [4.78, 5) is 12.7. The summed E-state index contributed by atoms with van der Waals surface area (Å²) in [6.45, 7) is 3.96. The fourth-order valence-corrected chi connectivity index (χ4v) is 2.15. The molecule has 0 saturated carbocycles. The van der Waals surface area contributed by atoms with Crippen molar-refractivity contribution in [3.63, 3.8) is 0 Å². The number of ether oxygens (including phenoxy) is 1. The van der Waals surface area contributed by atoms with Crippen molar-refractivity contribution in [2.45, 2.75) is 38.5 Å². The van der Waals surface area contributed by atoms with Crippen molar-refractivity contribution in [2.75, 3.05) is 19.7 Å². The quantitative estimate of drug-likeness (QED) is 0.383. The number of cyclic esters (lactones) is 1. The number of aliphatic hydroxyl groups excluding tert-OH is 3. The van der Waals surface area contributed by atoms with Crippen molar-refractivity contribution < 1.29 is 30.0 Å². The average Bonchev–Trinajstić information content (AvgIpc) is 2.66. The van der Waals surface area contributed by atoms with E-state index in [0.29, 0.717) is 25.9 Å². The fourth-order valence-electron chi connectivity index (χ4n) is 2.15. The Balaban J connectivity index is 3.05. The summed E-state index contributed by atoms with van der Waals surface area (Å²) in [5, 5.41) is 38.9. The fraction of sp³-hybridized carbons (Fsp3) is 0.750. The largest absolute Gasteiger partial charge is 0.505 e. The summed E-state index contributed by atoms with van der Waals surface area (Å²) in [5.41, 5.74) is -1.95. The molecule has 1 aliphatic rings. The lowest BCUT2D eigenvalue weighted by Gasteiger charge is -2.40. The van der Waals surface area contributed by atoms with Crippen LogP contribution >= 0.6 is 0 Å². The molecule has 110 valence electrons. The van der Waals surface area contributed by atoms with Gasteiger partial charge in [-0.25, -0.2) is 4.79 Å². The van der Waals surface area contributed by atoms with Gasteiger partial charge in [0.2, 0.25) is 11.9 Å². The van der Waals surface area contributed by atoms with Gasteiger partial charge in [0, 0.05) is 13.1 Å². The van der Waals surface area contributed by atoms with Gasteiger partial charge in [-0.3, -0.25) is 4.90 Å². The molecule has 0 saturated heterocycles. The van der Waals surface area contributed by atoms with Crippen LogP contribution in [0.25, 0.3) is 0 Å². The Hall–Kier alpha value is -1.31. The Morgan fingerprint density at radius 2 is 1.79 bits per heavy atom. The first-order valence-electron chi connectivity index (χ1n) is 6.33. The average molecular weight is 275 g/mol. The number of hydrogen-bond donors (Lipinski definition) is 4. The number of nitrogens with zero attached hydrogens (tertiary/aromatic N) is 1. The highest BCUT2D eigenvalue weighted by Crippen LogP contribution is 2.30. The van der Waals surface area contributed by atoms with Crippen LogP contribution in [0.5, 0.6) is 0 Å². The second-order valence-corrected chi connectivity index (χ2v) is 4.54. The number of carbonyl (C=O) groups is 1. The van der Waals surface area contributed by atoms with Gasteiger partial charge in [0.15, 0.2) is 11.5 Å². The van der Waals surface area contributed by atoms with Crippen molar-refractivity contribution in [3.05, 3.63) is 11.5 Å². The Bertz CT molecular complexity index is 363. The Morgan fingerprint density at radius 1 is 1.26 bits per heavy atom. The molecular weight excluding hydrogens is 254 g/mol. The molecule has 7 heteroatoms. The zero-order chi connectivity index (χ0) is 14.6. The number of hydrogen-bond acceptors (Lipinski definition) is 7. The maximum atomic E-state index is 11.2. The molecule has 0 unspecified atom stereocenters. The standard InChI is InChI=1S/C12H21NO6/c1-3-5-13(6-4-2)12(18,7-14)10-8(15)9(16)11(17)19-10/h10,14-16,18H,3-7H2,1-2H3/t10-,12-/m0/s1. The zero-order valence-corrected chi connectivity index (χ0v) is 11.2. The van der Waals surface area contributed by atoms with E-state index in [4.69, 9.17) is 4.74 Å². The molecule has 0 spiro atoms. The summed E-state index contributed by atoms with van der Waals surface area (Å²) >= 11 is 0. The predicted octanol–water partition coefficient (Wildman–Crippen LogP) is 0.0423. The molecule has 0 aliphatic carbocycles. The van der Waals surface area contributed by atoms with E-state index in [1.165, 1.54) is 4.90 Å². The molecule has 0 aromatic carbocycles. The number of esters is 1. The molecule has 1 aliphatic heterocycles. The van der Waals surface area contributed by atoms with Crippen LogP contribution < -0.4 is 0 Å². The molecule has 19 heavy (non-hydrogen) atoms. The van der Waals surface area contributed by atoms with Gasteiger partial charge in [-0.1, -0.05) is 13.8 Å². The van der Waals surface area contributed by atoms with Crippen LogP contribution in [0, 0.1) is 0 Å². The van der Waals surface area contributed by atoms with E-state index in [1.54, 1.807) is 0 Å². The minimum atomic E-state index is -1.95. The zero-order valence-electron chi connectivity index (χ0n) is 11.2. The highest BCUT2D eigenvalue weighted by atomic mass is 16.6. The van der Waals surface area contributed by atoms with Gasteiger partial charge in [-0.15, -0.1) is 0 Å². The predicted molar refractivity (Wildman–Crippen MR) is 66.4 cm³/mol. The third-order valence-corrected chi connectivity index (χ3v) is 3.10. The highest BCUT2D eigenvalue weighted by Gasteiger charge is 2.51. The molecule has 0 fully saturated rings. The molecule has 2 atom stereocenters. The van der Waals surface area contributed by atoms with Crippen LogP contribution in [-0.2, 0) is 9.53 Å². The lowest BCUT2D eigenvalue weighted by atomic mass is 10.0. The van der Waals surface area contributed by atoms with Gasteiger partial charge in [0.05, 0.1) is 6.61 Å². The summed E-state index contributed by atoms with van der Waals surface area (Å²) < 4.78 is 4.75. The molecule has 0 amide bonds. The molecule has 7 nitrogen and oxygen atoms in total. The van der Waals surface area contributed by atoms with Crippen molar-refractivity contribution >= 4 is 5.97 Å². The van der Waals surface area contributed by atoms with Gasteiger partial charge in [0.25, 0.3) is 0 Å². The smallest absolute Gasteiger partial charge is 0.378 e. The maximum absolute atomic E-state index is 11.2. The summed E-state index contributed by atoms with van der Waals surface area (Å²) in [6.07, 6.45) is -0.0677. The van der Waals surface area contributed by atoms with Gasteiger partial charge in [0.1, 0.15) is 0 Å². The van der Waals surface area contributed by atoms with Crippen molar-refractivity contribution in [1.29, 1.82) is 0 Å². The van der Waals surface area contributed by atoms with Gasteiger partial charge >= 0.3 is 5.97 Å². The van der Waals surface area contributed by atoms with E-state index < -0.39 is 35.9 Å². The van der Waals surface area contributed by atoms with Crippen molar-refractivity contribution in [1.82, 2.24) is 4.90 Å². The Morgan fingerprint density at radius 3 is 2.11 bits per heavy atom. The molecule has 0 radical (unpaired) electrons. The molecule has 4 N–H and O–H groups in total. The third-order valence-electron chi connectivity index (χ3n) is 3.10. The van der Waals surface area contributed by atoms with E-state index in [0.717, 1.165) is 0 Å². The SMILES string of the molecule is CCCN(CCC)[C@](O)(CO)[C@H]1OC(=O)C(O)=C1O.